The van der Waals surface area contributed by atoms with E-state index in [4.69, 9.17) is 0 Å². The summed E-state index contributed by atoms with van der Waals surface area (Å²) in [5.41, 5.74) is 0. The molecule has 0 spiro atoms. The van der Waals surface area contributed by atoms with Crippen LogP contribution in [0.5, 0.6) is 0 Å². The smallest absolute Gasteiger partial charge is 0.309 e. The third kappa shape index (κ3) is 3.55. The van der Waals surface area contributed by atoms with Gasteiger partial charge in [-0.15, -0.1) is 0 Å². The van der Waals surface area contributed by atoms with E-state index >= 15 is 0 Å². The van der Waals surface area contributed by atoms with Gasteiger partial charge in [0.1, 0.15) is 6.04 Å². The predicted molar refractivity (Wildman–Crippen MR) is 47.6 cm³/mol. The average molecular weight is 197 g/mol. The number of alkyl halides is 3. The Kier molecular flexibility index (Phi) is 5.37. The van der Waals surface area contributed by atoms with Crippen LogP contribution in [0.4, 0.5) is 13.2 Å². The highest BCUT2D eigenvalue weighted by Gasteiger charge is 2.45. The van der Waals surface area contributed by atoms with Crippen LogP contribution in [-0.4, -0.2) is 19.3 Å². The van der Waals surface area contributed by atoms with Gasteiger partial charge in [-0.1, -0.05) is 20.3 Å². The summed E-state index contributed by atoms with van der Waals surface area (Å²) in [5, 5.41) is 2.32. The van der Waals surface area contributed by atoms with Gasteiger partial charge < -0.3 is 5.32 Å². The molecule has 1 aliphatic rings. The molecule has 0 aromatic heterocycles. The highest BCUT2D eigenvalue weighted by atomic mass is 19.4. The van der Waals surface area contributed by atoms with E-state index in [0.29, 0.717) is 12.8 Å². The Morgan fingerprint density at radius 3 is 1.77 bits per heavy atom. The molecule has 0 bridgehead atoms. The lowest BCUT2D eigenvalue weighted by atomic mass is 9.79. The van der Waals surface area contributed by atoms with Gasteiger partial charge in [0.15, 0.2) is 0 Å². The van der Waals surface area contributed by atoms with Crippen molar-refractivity contribution in [1.82, 2.24) is 5.32 Å². The van der Waals surface area contributed by atoms with Crippen molar-refractivity contribution in [2.24, 2.45) is 5.92 Å². The van der Waals surface area contributed by atoms with E-state index in [-0.39, 0.29) is 5.92 Å². The zero-order chi connectivity index (χ0) is 10.5. The van der Waals surface area contributed by atoms with Crippen LogP contribution in [0.3, 0.4) is 0 Å². The molecule has 1 nitrogen and oxygen atoms in total. The van der Waals surface area contributed by atoms with Crippen molar-refractivity contribution in [3.63, 3.8) is 0 Å². The first-order chi connectivity index (χ1) is 6.05. The van der Waals surface area contributed by atoms with E-state index in [0.717, 1.165) is 6.42 Å². The minimum absolute atomic E-state index is 0.181. The molecule has 0 heterocycles. The lowest BCUT2D eigenvalue weighted by Crippen LogP contribution is -2.48. The van der Waals surface area contributed by atoms with Crippen molar-refractivity contribution in [1.29, 1.82) is 0 Å². The van der Waals surface area contributed by atoms with Gasteiger partial charge in [0.25, 0.3) is 0 Å². The molecular weight excluding hydrogens is 179 g/mol. The van der Waals surface area contributed by atoms with Gasteiger partial charge in [-0.25, -0.2) is 0 Å². The zero-order valence-electron chi connectivity index (χ0n) is 8.41. The van der Waals surface area contributed by atoms with Gasteiger partial charge in [-0.3, -0.25) is 0 Å². The standard InChI is InChI=1S/C7H12F3N.C2H6/c1-11-6(7(8,9)10)5-3-2-4-5;1-2/h5-6,11H,2-4H2,1H3;1-2H3. The van der Waals surface area contributed by atoms with Crippen LogP contribution in [0.1, 0.15) is 33.1 Å². The highest BCUT2D eigenvalue weighted by Crippen LogP contribution is 2.36. The Bertz CT molecular complexity index is 129. The average Bonchev–Trinajstić information content (AvgIpc) is 1.98. The molecule has 0 aromatic carbocycles. The molecule has 0 aliphatic heterocycles. The molecule has 1 N–H and O–H groups in total. The second kappa shape index (κ2) is 5.47. The lowest BCUT2D eigenvalue weighted by molar-refractivity contribution is -0.172. The van der Waals surface area contributed by atoms with E-state index in [1.807, 2.05) is 13.8 Å². The second-order valence-electron chi connectivity index (χ2n) is 3.00. The van der Waals surface area contributed by atoms with Gasteiger partial charge in [0.2, 0.25) is 0 Å². The quantitative estimate of drug-likeness (QED) is 0.717. The summed E-state index contributed by atoms with van der Waals surface area (Å²) >= 11 is 0. The summed E-state index contributed by atoms with van der Waals surface area (Å²) in [4.78, 5) is 0. The van der Waals surface area contributed by atoms with E-state index in [1.54, 1.807) is 0 Å². The Hall–Kier alpha value is -0.250. The summed E-state index contributed by atoms with van der Waals surface area (Å²) in [7, 11) is 1.37. The Morgan fingerprint density at radius 2 is 1.69 bits per heavy atom. The van der Waals surface area contributed by atoms with Gasteiger partial charge >= 0.3 is 6.18 Å². The summed E-state index contributed by atoms with van der Waals surface area (Å²) in [6.45, 7) is 4.00. The van der Waals surface area contributed by atoms with Gasteiger partial charge in [0.05, 0.1) is 0 Å². The van der Waals surface area contributed by atoms with Crippen LogP contribution in [0, 0.1) is 5.92 Å². The van der Waals surface area contributed by atoms with Crippen LogP contribution < -0.4 is 5.32 Å². The fraction of sp³-hybridized carbons (Fsp3) is 1.00. The minimum atomic E-state index is -4.07. The molecule has 1 fully saturated rings. The summed E-state index contributed by atoms with van der Waals surface area (Å²) in [6, 6.07) is -1.28. The second-order valence-corrected chi connectivity index (χ2v) is 3.00. The molecule has 4 heteroatoms. The molecule has 0 aromatic rings. The first-order valence-corrected chi connectivity index (χ1v) is 4.79. The molecule has 0 radical (unpaired) electrons. The lowest BCUT2D eigenvalue weighted by Gasteiger charge is -2.34. The third-order valence-electron chi connectivity index (χ3n) is 2.28. The Balaban J connectivity index is 0.000000671. The fourth-order valence-corrected chi connectivity index (χ4v) is 1.44. The maximum atomic E-state index is 12.1. The van der Waals surface area contributed by atoms with Crippen molar-refractivity contribution in [2.75, 3.05) is 7.05 Å². The van der Waals surface area contributed by atoms with Crippen LogP contribution in [-0.2, 0) is 0 Å². The Labute approximate surface area is 77.7 Å². The minimum Gasteiger partial charge on any atom is -0.309 e. The molecule has 1 aliphatic carbocycles. The van der Waals surface area contributed by atoms with Crippen LogP contribution in [0.15, 0.2) is 0 Å². The molecule has 80 valence electrons. The third-order valence-corrected chi connectivity index (χ3v) is 2.28. The molecule has 1 saturated carbocycles. The molecule has 1 atom stereocenters. The van der Waals surface area contributed by atoms with Gasteiger partial charge in [-0.2, -0.15) is 13.2 Å². The molecule has 0 amide bonds. The first-order valence-electron chi connectivity index (χ1n) is 4.79. The highest BCUT2D eigenvalue weighted by molar-refractivity contribution is 4.86. The number of rotatable bonds is 2. The van der Waals surface area contributed by atoms with E-state index < -0.39 is 12.2 Å². The molecular formula is C9H18F3N. The first kappa shape index (κ1) is 12.8. The van der Waals surface area contributed by atoms with Gasteiger partial charge in [-0.05, 0) is 25.8 Å². The van der Waals surface area contributed by atoms with Crippen molar-refractivity contribution in [3.8, 4) is 0 Å². The number of nitrogens with one attached hydrogen (secondary N) is 1. The summed E-state index contributed by atoms with van der Waals surface area (Å²) < 4.78 is 36.4. The van der Waals surface area contributed by atoms with E-state index in [2.05, 4.69) is 5.32 Å². The summed E-state index contributed by atoms with van der Waals surface area (Å²) in [6.07, 6.45) is -1.70. The topological polar surface area (TPSA) is 12.0 Å². The van der Waals surface area contributed by atoms with Crippen molar-refractivity contribution < 1.29 is 13.2 Å². The fourth-order valence-electron chi connectivity index (χ4n) is 1.44. The Morgan fingerprint density at radius 1 is 1.23 bits per heavy atom. The van der Waals surface area contributed by atoms with Crippen LogP contribution in [0.25, 0.3) is 0 Å². The maximum absolute atomic E-state index is 12.1. The number of halogens is 3. The number of hydrogen-bond acceptors (Lipinski definition) is 1. The van der Waals surface area contributed by atoms with E-state index in [9.17, 15) is 13.2 Å². The molecule has 13 heavy (non-hydrogen) atoms. The largest absolute Gasteiger partial charge is 0.404 e. The van der Waals surface area contributed by atoms with Crippen LogP contribution >= 0.6 is 0 Å². The van der Waals surface area contributed by atoms with Crippen molar-refractivity contribution >= 4 is 0 Å². The normalized spacial score (nSPS) is 19.8. The predicted octanol–water partition coefficient (Wildman–Crippen LogP) is 2.96. The number of hydrogen-bond donors (Lipinski definition) is 1. The van der Waals surface area contributed by atoms with Gasteiger partial charge in [0, 0.05) is 0 Å². The maximum Gasteiger partial charge on any atom is 0.404 e. The summed E-state index contributed by atoms with van der Waals surface area (Å²) in [5.74, 6) is -0.181. The van der Waals surface area contributed by atoms with E-state index in [1.165, 1.54) is 7.05 Å². The monoisotopic (exact) mass is 197 g/mol. The van der Waals surface area contributed by atoms with Crippen LogP contribution in [0.2, 0.25) is 0 Å². The SMILES string of the molecule is CC.CNC(C1CCC1)C(F)(F)F. The van der Waals surface area contributed by atoms with Crippen molar-refractivity contribution in [2.45, 2.75) is 45.3 Å². The van der Waals surface area contributed by atoms with Crippen molar-refractivity contribution in [3.05, 3.63) is 0 Å². The molecule has 1 unspecified atom stereocenters. The molecule has 0 saturated heterocycles. The zero-order valence-corrected chi connectivity index (χ0v) is 8.41. The molecule has 1 rings (SSSR count).